The van der Waals surface area contributed by atoms with Gasteiger partial charge >= 0.3 is 0 Å². The predicted octanol–water partition coefficient (Wildman–Crippen LogP) is 3.35. The number of hydrogen-bond donors (Lipinski definition) is 1. The molecule has 3 rings (SSSR count). The third kappa shape index (κ3) is 4.35. The molecule has 0 saturated heterocycles. The molecule has 0 aliphatic rings. The summed E-state index contributed by atoms with van der Waals surface area (Å²) >= 11 is 1.59. The third-order valence-electron chi connectivity index (χ3n) is 3.84. The molecule has 130 valence electrons. The Bertz CT molecular complexity index is 836. The largest absolute Gasteiger partial charge is 0.383 e. The van der Waals surface area contributed by atoms with Crippen LogP contribution in [0, 0.1) is 6.92 Å². The molecule has 0 spiro atoms. The van der Waals surface area contributed by atoms with Crippen LogP contribution in [0.25, 0.3) is 22.0 Å². The maximum Gasteiger partial charge on any atom is 0.240 e. The van der Waals surface area contributed by atoms with Crippen molar-refractivity contribution < 1.29 is 9.53 Å². The molecule has 0 saturated carbocycles. The smallest absolute Gasteiger partial charge is 0.240 e. The Kier molecular flexibility index (Phi) is 5.63. The Morgan fingerprint density at radius 2 is 2.08 bits per heavy atom. The first-order valence-electron chi connectivity index (χ1n) is 8.11. The first kappa shape index (κ1) is 17.4. The summed E-state index contributed by atoms with van der Waals surface area (Å²) in [6.07, 6.45) is 1.90. The summed E-state index contributed by atoms with van der Waals surface area (Å²) in [7, 11) is 1.62. The van der Waals surface area contributed by atoms with Crippen LogP contribution in [0.15, 0.2) is 48.0 Å². The van der Waals surface area contributed by atoms with Crippen molar-refractivity contribution in [3.63, 3.8) is 0 Å². The molecule has 1 aromatic carbocycles. The van der Waals surface area contributed by atoms with Crippen LogP contribution < -0.4 is 5.32 Å². The van der Waals surface area contributed by atoms with Crippen LogP contribution in [0.4, 0.5) is 0 Å². The Morgan fingerprint density at radius 3 is 2.84 bits per heavy atom. The maximum atomic E-state index is 12.0. The lowest BCUT2D eigenvalue weighted by molar-refractivity contribution is -0.121. The second kappa shape index (κ2) is 8.09. The third-order valence-corrected chi connectivity index (χ3v) is 4.71. The van der Waals surface area contributed by atoms with E-state index in [0.717, 1.165) is 22.0 Å². The lowest BCUT2D eigenvalue weighted by Crippen LogP contribution is -2.30. The molecule has 0 aliphatic carbocycles. The number of benzene rings is 1. The summed E-state index contributed by atoms with van der Waals surface area (Å²) in [6, 6.07) is 12.3. The first-order chi connectivity index (χ1) is 12.2. The molecule has 3 aromatic rings. The average molecular weight is 355 g/mol. The van der Waals surface area contributed by atoms with E-state index in [-0.39, 0.29) is 12.5 Å². The Balaban J connectivity index is 1.74. The summed E-state index contributed by atoms with van der Waals surface area (Å²) in [6.45, 7) is 3.36. The molecule has 1 N–H and O–H groups in total. The zero-order valence-electron chi connectivity index (χ0n) is 14.4. The van der Waals surface area contributed by atoms with Crippen LogP contribution in [0.1, 0.15) is 5.56 Å². The number of nitrogens with zero attached hydrogens (tertiary/aromatic N) is 2. The Morgan fingerprint density at radius 1 is 1.28 bits per heavy atom. The number of carbonyl (C=O) groups excluding carboxylic acids is 1. The van der Waals surface area contributed by atoms with Crippen molar-refractivity contribution >= 4 is 17.2 Å². The molecule has 6 heteroatoms. The van der Waals surface area contributed by atoms with Crippen molar-refractivity contribution in [1.29, 1.82) is 0 Å². The summed E-state index contributed by atoms with van der Waals surface area (Å²) in [5.41, 5.74) is 4.23. The lowest BCUT2D eigenvalue weighted by Gasteiger charge is -2.08. The van der Waals surface area contributed by atoms with Crippen molar-refractivity contribution in [1.82, 2.24) is 14.9 Å². The van der Waals surface area contributed by atoms with Gasteiger partial charge < -0.3 is 14.6 Å². The molecule has 5 nitrogen and oxygen atoms in total. The fourth-order valence-corrected chi connectivity index (χ4v) is 3.37. The Hall–Kier alpha value is -2.44. The van der Waals surface area contributed by atoms with Gasteiger partial charge in [0.2, 0.25) is 5.91 Å². The molecule has 0 atom stereocenters. The highest BCUT2D eigenvalue weighted by atomic mass is 32.1. The van der Waals surface area contributed by atoms with Crippen LogP contribution in [-0.2, 0) is 16.1 Å². The van der Waals surface area contributed by atoms with Crippen LogP contribution in [0.2, 0.25) is 0 Å². The van der Waals surface area contributed by atoms with E-state index in [4.69, 9.17) is 9.72 Å². The number of nitrogens with one attached hydrogen (secondary N) is 1. The molecule has 0 fully saturated rings. The Labute approximate surface area is 151 Å². The number of ether oxygens (including phenoxy) is 1. The lowest BCUT2D eigenvalue weighted by atomic mass is 10.1. The molecule has 25 heavy (non-hydrogen) atoms. The van der Waals surface area contributed by atoms with E-state index in [1.165, 1.54) is 5.56 Å². The molecule has 0 radical (unpaired) electrons. The van der Waals surface area contributed by atoms with Crippen LogP contribution >= 0.6 is 11.3 Å². The molecular formula is C19H21N3O2S. The van der Waals surface area contributed by atoms with Crippen molar-refractivity contribution in [2.75, 3.05) is 20.3 Å². The number of aromatic nitrogens is 2. The first-order valence-corrected chi connectivity index (χ1v) is 8.99. The van der Waals surface area contributed by atoms with E-state index < -0.39 is 0 Å². The van der Waals surface area contributed by atoms with Gasteiger partial charge in [0.25, 0.3) is 0 Å². The van der Waals surface area contributed by atoms with Gasteiger partial charge in [-0.3, -0.25) is 4.79 Å². The SMILES string of the molecule is COCCNC(=O)Cn1cccc1-c1nc(-c2ccc(C)cc2)cs1. The zero-order valence-corrected chi connectivity index (χ0v) is 15.2. The van der Waals surface area contributed by atoms with E-state index >= 15 is 0 Å². The number of aryl methyl sites for hydroxylation is 1. The topological polar surface area (TPSA) is 56.1 Å². The molecule has 2 aromatic heterocycles. The number of carbonyl (C=O) groups is 1. The van der Waals surface area contributed by atoms with Gasteiger partial charge in [0.15, 0.2) is 0 Å². The van der Waals surface area contributed by atoms with Crippen LogP contribution in [0.3, 0.4) is 0 Å². The monoisotopic (exact) mass is 355 g/mol. The normalized spacial score (nSPS) is 10.8. The van der Waals surface area contributed by atoms with E-state index in [9.17, 15) is 4.79 Å². The number of thiazole rings is 1. The molecule has 2 heterocycles. The van der Waals surface area contributed by atoms with Gasteiger partial charge in [0.1, 0.15) is 11.6 Å². The predicted molar refractivity (Wildman–Crippen MR) is 101 cm³/mol. The van der Waals surface area contributed by atoms with E-state index in [1.54, 1.807) is 18.4 Å². The second-order valence-corrected chi connectivity index (χ2v) is 6.63. The number of methoxy groups -OCH3 is 1. The summed E-state index contributed by atoms with van der Waals surface area (Å²) < 4.78 is 6.86. The molecule has 0 unspecified atom stereocenters. The number of hydrogen-bond acceptors (Lipinski definition) is 4. The minimum atomic E-state index is -0.0372. The average Bonchev–Trinajstić information content (AvgIpc) is 3.25. The van der Waals surface area contributed by atoms with Crippen LogP contribution in [0.5, 0.6) is 0 Å². The van der Waals surface area contributed by atoms with Gasteiger partial charge in [-0.05, 0) is 19.1 Å². The highest BCUT2D eigenvalue weighted by molar-refractivity contribution is 7.13. The number of amides is 1. The molecular weight excluding hydrogens is 334 g/mol. The highest BCUT2D eigenvalue weighted by Gasteiger charge is 2.12. The van der Waals surface area contributed by atoms with Crippen molar-refractivity contribution in [2.24, 2.45) is 0 Å². The van der Waals surface area contributed by atoms with Gasteiger partial charge in [0, 0.05) is 30.8 Å². The number of rotatable bonds is 7. The summed E-state index contributed by atoms with van der Waals surface area (Å²) in [5.74, 6) is -0.0372. The van der Waals surface area contributed by atoms with E-state index in [2.05, 4.69) is 41.9 Å². The standard InChI is InChI=1S/C19H21N3O2S/c1-14-5-7-15(8-6-14)16-13-25-19(21-16)17-4-3-10-22(17)12-18(23)20-9-11-24-2/h3-8,10,13H,9,11-12H2,1-2H3,(H,20,23). The quantitative estimate of drug-likeness (QED) is 0.661. The molecule has 0 aliphatic heterocycles. The summed E-state index contributed by atoms with van der Waals surface area (Å²) in [5, 5.41) is 5.79. The van der Waals surface area contributed by atoms with Gasteiger partial charge in [-0.15, -0.1) is 11.3 Å². The minimum absolute atomic E-state index is 0.0372. The van der Waals surface area contributed by atoms with Crippen molar-refractivity contribution in [3.8, 4) is 22.0 Å². The minimum Gasteiger partial charge on any atom is -0.383 e. The van der Waals surface area contributed by atoms with Gasteiger partial charge in [-0.1, -0.05) is 29.8 Å². The van der Waals surface area contributed by atoms with E-state index in [1.807, 2.05) is 22.9 Å². The summed E-state index contributed by atoms with van der Waals surface area (Å²) in [4.78, 5) is 16.8. The maximum absolute atomic E-state index is 12.0. The van der Waals surface area contributed by atoms with E-state index in [0.29, 0.717) is 13.2 Å². The second-order valence-electron chi connectivity index (χ2n) is 5.77. The van der Waals surface area contributed by atoms with Gasteiger partial charge in [0.05, 0.1) is 18.0 Å². The fraction of sp³-hybridized carbons (Fsp3) is 0.263. The fourth-order valence-electron chi connectivity index (χ4n) is 2.50. The highest BCUT2D eigenvalue weighted by Crippen LogP contribution is 2.29. The zero-order chi connectivity index (χ0) is 17.6. The van der Waals surface area contributed by atoms with Crippen LogP contribution in [-0.4, -0.2) is 35.7 Å². The molecule has 0 bridgehead atoms. The van der Waals surface area contributed by atoms with Gasteiger partial charge in [-0.2, -0.15) is 0 Å². The van der Waals surface area contributed by atoms with Crippen molar-refractivity contribution in [3.05, 3.63) is 53.5 Å². The molecule has 1 amide bonds. The van der Waals surface area contributed by atoms with Crippen molar-refractivity contribution in [2.45, 2.75) is 13.5 Å². The van der Waals surface area contributed by atoms with Gasteiger partial charge in [-0.25, -0.2) is 4.98 Å².